The van der Waals surface area contributed by atoms with Gasteiger partial charge in [-0.1, -0.05) is 40.2 Å². The van der Waals surface area contributed by atoms with Crippen LogP contribution in [0.1, 0.15) is 45.7 Å². The lowest BCUT2D eigenvalue weighted by molar-refractivity contribution is 0.0798. The minimum atomic E-state index is -0.463. The minimum absolute atomic E-state index is 0.270. The molecule has 2 amide bonds. The SMILES string of the molecule is CCOCCN(CCOCC)Cc1ccc(C(=O)Nc2ccc(Br)cc2C(=O)NN=Cc2cccc(OC)c2)cc1. The summed E-state index contributed by atoms with van der Waals surface area (Å²) in [4.78, 5) is 28.3. The van der Waals surface area contributed by atoms with Crippen LogP contribution in [0.25, 0.3) is 0 Å². The molecule has 0 saturated heterocycles. The molecule has 0 unspecified atom stereocenters. The first-order valence-electron chi connectivity index (χ1n) is 13.5. The number of carbonyl (C=O) groups is 2. The number of hydrazone groups is 1. The number of benzene rings is 3. The first kappa shape index (κ1) is 32.0. The van der Waals surface area contributed by atoms with Crippen molar-refractivity contribution in [2.75, 3.05) is 51.9 Å². The third-order valence-corrected chi connectivity index (χ3v) is 6.58. The quantitative estimate of drug-likeness (QED) is 0.127. The number of halogens is 1. The average Bonchev–Trinajstić information content (AvgIpc) is 2.98. The smallest absolute Gasteiger partial charge is 0.273 e. The molecule has 0 radical (unpaired) electrons. The van der Waals surface area contributed by atoms with Crippen molar-refractivity contribution in [2.24, 2.45) is 5.10 Å². The average molecular weight is 626 g/mol. The third-order valence-electron chi connectivity index (χ3n) is 6.08. The van der Waals surface area contributed by atoms with Gasteiger partial charge in [0.15, 0.2) is 0 Å². The van der Waals surface area contributed by atoms with Gasteiger partial charge in [-0.05, 0) is 67.4 Å². The second kappa shape index (κ2) is 17.3. The molecule has 0 bridgehead atoms. The van der Waals surface area contributed by atoms with Crippen molar-refractivity contribution in [3.63, 3.8) is 0 Å². The van der Waals surface area contributed by atoms with E-state index in [9.17, 15) is 9.59 Å². The summed E-state index contributed by atoms with van der Waals surface area (Å²) >= 11 is 3.40. The number of nitrogens with zero attached hydrogens (tertiary/aromatic N) is 2. The Bertz CT molecular complexity index is 1290. The molecule has 0 atom stereocenters. The van der Waals surface area contributed by atoms with E-state index in [1.807, 2.05) is 44.2 Å². The van der Waals surface area contributed by atoms with Crippen LogP contribution in [0.5, 0.6) is 5.75 Å². The predicted octanol–water partition coefficient (Wildman–Crippen LogP) is 5.35. The van der Waals surface area contributed by atoms with Gasteiger partial charge in [-0.3, -0.25) is 14.5 Å². The van der Waals surface area contributed by atoms with Crippen LogP contribution in [-0.4, -0.2) is 69.6 Å². The molecular formula is C31H37BrN4O5. The molecule has 0 fully saturated rings. The van der Waals surface area contributed by atoms with Crippen LogP contribution in [-0.2, 0) is 16.0 Å². The number of methoxy groups -OCH3 is 1. The van der Waals surface area contributed by atoms with Gasteiger partial charge >= 0.3 is 0 Å². The molecule has 3 aromatic rings. The first-order valence-corrected chi connectivity index (χ1v) is 14.3. The van der Waals surface area contributed by atoms with E-state index in [1.165, 1.54) is 6.21 Å². The summed E-state index contributed by atoms with van der Waals surface area (Å²) in [7, 11) is 1.58. The molecule has 0 aliphatic rings. The van der Waals surface area contributed by atoms with Crippen LogP contribution < -0.4 is 15.5 Å². The van der Waals surface area contributed by atoms with Crippen molar-refractivity contribution in [3.05, 3.63) is 93.5 Å². The highest BCUT2D eigenvalue weighted by molar-refractivity contribution is 9.10. The van der Waals surface area contributed by atoms with Crippen LogP contribution in [0.15, 0.2) is 76.3 Å². The van der Waals surface area contributed by atoms with Gasteiger partial charge in [-0.2, -0.15) is 5.10 Å². The van der Waals surface area contributed by atoms with E-state index in [-0.39, 0.29) is 11.5 Å². The standard InChI is InChI=1S/C31H37BrN4O5/c1-4-40-17-15-36(16-18-41-5-2)22-23-9-11-25(12-10-23)30(37)34-29-14-13-26(32)20-28(29)31(38)35-33-21-24-7-6-8-27(19-24)39-3/h6-14,19-21H,4-5,15-18,22H2,1-3H3,(H,34,37)(H,35,38). The van der Waals surface area contributed by atoms with E-state index in [2.05, 4.69) is 36.7 Å². The van der Waals surface area contributed by atoms with E-state index < -0.39 is 5.91 Å². The zero-order valence-electron chi connectivity index (χ0n) is 23.7. The van der Waals surface area contributed by atoms with Crippen molar-refractivity contribution >= 4 is 39.6 Å². The maximum atomic E-state index is 13.1. The number of hydrogen-bond donors (Lipinski definition) is 2. The van der Waals surface area contributed by atoms with Crippen LogP contribution in [0, 0.1) is 0 Å². The Morgan fingerprint density at radius 3 is 2.29 bits per heavy atom. The van der Waals surface area contributed by atoms with Crippen molar-refractivity contribution in [1.29, 1.82) is 0 Å². The van der Waals surface area contributed by atoms with E-state index >= 15 is 0 Å². The Kier molecular flexibility index (Phi) is 13.5. The summed E-state index contributed by atoms with van der Waals surface area (Å²) in [5.74, 6) is -0.0987. The van der Waals surface area contributed by atoms with E-state index in [4.69, 9.17) is 14.2 Å². The van der Waals surface area contributed by atoms with E-state index in [0.29, 0.717) is 47.9 Å². The Balaban J connectivity index is 1.64. The van der Waals surface area contributed by atoms with Crippen molar-refractivity contribution in [2.45, 2.75) is 20.4 Å². The summed E-state index contributed by atoms with van der Waals surface area (Å²) in [6, 6.07) is 19.8. The number of hydrogen-bond acceptors (Lipinski definition) is 7. The van der Waals surface area contributed by atoms with Gasteiger partial charge in [0, 0.05) is 42.9 Å². The monoisotopic (exact) mass is 624 g/mol. The number of ether oxygens (including phenoxy) is 3. The number of nitrogens with one attached hydrogen (secondary N) is 2. The highest BCUT2D eigenvalue weighted by Gasteiger charge is 2.15. The van der Waals surface area contributed by atoms with Gasteiger partial charge in [0.25, 0.3) is 11.8 Å². The fraction of sp³-hybridized carbons (Fsp3) is 0.323. The fourth-order valence-electron chi connectivity index (χ4n) is 3.92. The zero-order valence-corrected chi connectivity index (χ0v) is 25.3. The number of carbonyl (C=O) groups excluding carboxylic acids is 2. The molecule has 0 aromatic heterocycles. The highest BCUT2D eigenvalue weighted by Crippen LogP contribution is 2.22. The van der Waals surface area contributed by atoms with Gasteiger partial charge in [0.05, 0.1) is 37.8 Å². The lowest BCUT2D eigenvalue weighted by Gasteiger charge is -2.22. The number of amides is 2. The molecule has 9 nitrogen and oxygen atoms in total. The van der Waals surface area contributed by atoms with Gasteiger partial charge in [-0.15, -0.1) is 0 Å². The summed E-state index contributed by atoms with van der Waals surface area (Å²) in [5.41, 5.74) is 5.49. The second-order valence-electron chi connectivity index (χ2n) is 8.99. The molecule has 218 valence electrons. The predicted molar refractivity (Wildman–Crippen MR) is 165 cm³/mol. The van der Waals surface area contributed by atoms with Crippen molar-refractivity contribution in [3.8, 4) is 5.75 Å². The molecule has 2 N–H and O–H groups in total. The largest absolute Gasteiger partial charge is 0.497 e. The van der Waals surface area contributed by atoms with Gasteiger partial charge in [-0.25, -0.2) is 5.43 Å². The highest BCUT2D eigenvalue weighted by atomic mass is 79.9. The maximum Gasteiger partial charge on any atom is 0.273 e. The maximum absolute atomic E-state index is 13.1. The molecule has 0 aliphatic carbocycles. The van der Waals surface area contributed by atoms with Gasteiger partial charge in [0.1, 0.15) is 5.75 Å². The van der Waals surface area contributed by atoms with E-state index in [1.54, 1.807) is 43.5 Å². The summed E-state index contributed by atoms with van der Waals surface area (Å²) in [6.45, 7) is 8.93. The lowest BCUT2D eigenvalue weighted by atomic mass is 10.1. The van der Waals surface area contributed by atoms with Crippen molar-refractivity contribution in [1.82, 2.24) is 10.3 Å². The summed E-state index contributed by atoms with van der Waals surface area (Å²) in [6.07, 6.45) is 1.52. The molecule has 0 heterocycles. The van der Waals surface area contributed by atoms with Gasteiger partial charge < -0.3 is 19.5 Å². The van der Waals surface area contributed by atoms with Crippen LogP contribution >= 0.6 is 15.9 Å². The topological polar surface area (TPSA) is 101 Å². The van der Waals surface area contributed by atoms with E-state index in [0.717, 1.165) is 30.8 Å². The summed E-state index contributed by atoms with van der Waals surface area (Å²) < 4.78 is 16.9. The molecule has 3 aromatic carbocycles. The molecular weight excluding hydrogens is 588 g/mol. The Labute approximate surface area is 250 Å². The second-order valence-corrected chi connectivity index (χ2v) is 9.90. The molecule has 41 heavy (non-hydrogen) atoms. The Morgan fingerprint density at radius 1 is 0.927 bits per heavy atom. The normalized spacial score (nSPS) is 11.1. The minimum Gasteiger partial charge on any atom is -0.497 e. The Hall–Kier alpha value is -3.57. The van der Waals surface area contributed by atoms with Crippen LogP contribution in [0.2, 0.25) is 0 Å². The lowest BCUT2D eigenvalue weighted by Crippen LogP contribution is -2.30. The van der Waals surface area contributed by atoms with Crippen LogP contribution in [0.4, 0.5) is 5.69 Å². The summed E-state index contributed by atoms with van der Waals surface area (Å²) in [5, 5.41) is 6.91. The number of anilines is 1. The number of rotatable bonds is 16. The third kappa shape index (κ3) is 10.7. The van der Waals surface area contributed by atoms with Crippen molar-refractivity contribution < 1.29 is 23.8 Å². The van der Waals surface area contributed by atoms with Crippen LogP contribution in [0.3, 0.4) is 0 Å². The molecule has 0 aliphatic heterocycles. The zero-order chi connectivity index (χ0) is 29.5. The first-order chi connectivity index (χ1) is 19.9. The fourth-order valence-corrected chi connectivity index (χ4v) is 4.28. The Morgan fingerprint density at radius 2 is 1.63 bits per heavy atom. The molecule has 0 spiro atoms. The molecule has 10 heteroatoms. The molecule has 0 saturated carbocycles. The van der Waals surface area contributed by atoms with Gasteiger partial charge in [0.2, 0.25) is 0 Å². The molecule has 3 rings (SSSR count).